The van der Waals surface area contributed by atoms with E-state index in [2.05, 4.69) is 17.1 Å². The Hall–Kier alpha value is -3.95. The van der Waals surface area contributed by atoms with Crippen LogP contribution in [0.15, 0.2) is 54.6 Å². The van der Waals surface area contributed by atoms with Gasteiger partial charge < -0.3 is 20.0 Å². The van der Waals surface area contributed by atoms with Crippen LogP contribution in [-0.4, -0.2) is 70.8 Å². The van der Waals surface area contributed by atoms with Crippen molar-refractivity contribution in [1.82, 2.24) is 15.1 Å². The molecule has 2 aromatic carbocycles. The number of rotatable bonds is 8. The molecule has 190 valence electrons. The van der Waals surface area contributed by atoms with Crippen LogP contribution in [0.2, 0.25) is 0 Å². The quantitative estimate of drug-likeness (QED) is 0.343. The molecule has 0 aliphatic carbocycles. The first kappa shape index (κ1) is 25.2. The number of hydrogen-bond acceptors (Lipinski definition) is 6. The monoisotopic (exact) mass is 493 g/mol. The normalized spacial score (nSPS) is 16.9. The first-order chi connectivity index (χ1) is 17.4. The Balaban J connectivity index is 1.49. The van der Waals surface area contributed by atoms with Crippen LogP contribution in [0.3, 0.4) is 0 Å². The number of anilines is 1. The number of non-ortho nitro benzene ring substituents is 1. The van der Waals surface area contributed by atoms with E-state index in [-0.39, 0.29) is 30.0 Å². The van der Waals surface area contributed by atoms with Crippen LogP contribution in [0, 0.1) is 10.1 Å². The number of carbonyl (C=O) groups is 3. The van der Waals surface area contributed by atoms with Crippen molar-refractivity contribution in [1.29, 1.82) is 0 Å². The summed E-state index contributed by atoms with van der Waals surface area (Å²) in [5.41, 5.74) is 0.365. The molecule has 2 aromatic rings. The van der Waals surface area contributed by atoms with Gasteiger partial charge in [-0.1, -0.05) is 31.5 Å². The van der Waals surface area contributed by atoms with Gasteiger partial charge in [-0.05, 0) is 43.5 Å². The highest BCUT2D eigenvalue weighted by atomic mass is 16.6. The van der Waals surface area contributed by atoms with Crippen molar-refractivity contribution >= 4 is 29.1 Å². The largest absolute Gasteiger partial charge is 0.355 e. The topological polar surface area (TPSA) is 116 Å². The van der Waals surface area contributed by atoms with E-state index in [1.165, 1.54) is 24.3 Å². The number of carbonyl (C=O) groups excluding carboxylic acids is 3. The molecule has 0 atom stereocenters. The van der Waals surface area contributed by atoms with Gasteiger partial charge in [0.05, 0.1) is 11.6 Å². The second kappa shape index (κ2) is 10.8. The van der Waals surface area contributed by atoms with Crippen molar-refractivity contribution in [3.05, 3.63) is 70.3 Å². The third kappa shape index (κ3) is 5.02. The molecule has 0 radical (unpaired) electrons. The van der Waals surface area contributed by atoms with E-state index in [0.717, 1.165) is 18.5 Å². The standard InChI is InChI=1S/C26H31N5O5/c1-2-3-15-27-23(32)18-29-19-30(21-7-5-4-6-8-21)26(25(29)34)13-16-28(17-14-26)24(33)20-9-11-22(12-10-20)31(35)36/h4-12H,2-3,13-19H2,1H3,(H,27,32). The molecule has 2 saturated heterocycles. The molecule has 0 unspecified atom stereocenters. The fourth-order valence-electron chi connectivity index (χ4n) is 4.94. The third-order valence-corrected chi connectivity index (χ3v) is 6.97. The predicted octanol–water partition coefficient (Wildman–Crippen LogP) is 2.79. The molecule has 3 amide bonds. The minimum absolute atomic E-state index is 0.000922. The summed E-state index contributed by atoms with van der Waals surface area (Å²) in [4.78, 5) is 55.0. The van der Waals surface area contributed by atoms with Gasteiger partial charge in [-0.3, -0.25) is 24.5 Å². The number of unbranched alkanes of at least 4 members (excludes halogenated alkanes) is 1. The summed E-state index contributed by atoms with van der Waals surface area (Å²) in [6.45, 7) is 3.67. The van der Waals surface area contributed by atoms with Gasteiger partial charge >= 0.3 is 0 Å². The Morgan fingerprint density at radius 3 is 2.33 bits per heavy atom. The molecular formula is C26H31N5O5. The molecule has 2 aliphatic rings. The Morgan fingerprint density at radius 2 is 1.72 bits per heavy atom. The zero-order chi connectivity index (χ0) is 25.7. The number of nitrogens with zero attached hydrogens (tertiary/aromatic N) is 4. The van der Waals surface area contributed by atoms with E-state index in [4.69, 9.17) is 0 Å². The maximum Gasteiger partial charge on any atom is 0.269 e. The average molecular weight is 494 g/mol. The molecule has 10 nitrogen and oxygen atoms in total. The van der Waals surface area contributed by atoms with E-state index in [1.807, 2.05) is 30.3 Å². The lowest BCUT2D eigenvalue weighted by molar-refractivity contribution is -0.384. The molecule has 10 heteroatoms. The van der Waals surface area contributed by atoms with Crippen molar-refractivity contribution < 1.29 is 19.3 Å². The van der Waals surface area contributed by atoms with Crippen LogP contribution in [-0.2, 0) is 9.59 Å². The van der Waals surface area contributed by atoms with Crippen LogP contribution in [0.25, 0.3) is 0 Å². The van der Waals surface area contributed by atoms with Gasteiger partial charge in [-0.25, -0.2) is 0 Å². The zero-order valence-corrected chi connectivity index (χ0v) is 20.4. The second-order valence-electron chi connectivity index (χ2n) is 9.24. The molecule has 1 spiro atoms. The van der Waals surface area contributed by atoms with Crippen molar-refractivity contribution in [3.63, 3.8) is 0 Å². The molecule has 36 heavy (non-hydrogen) atoms. The lowest BCUT2D eigenvalue weighted by Crippen LogP contribution is -2.57. The number of nitro groups is 1. The number of likely N-dealkylation sites (tertiary alicyclic amines) is 1. The number of benzene rings is 2. The first-order valence-corrected chi connectivity index (χ1v) is 12.3. The van der Waals surface area contributed by atoms with Gasteiger partial charge in [0.15, 0.2) is 0 Å². The summed E-state index contributed by atoms with van der Waals surface area (Å²) in [5, 5.41) is 13.8. The molecule has 0 saturated carbocycles. The molecule has 0 aromatic heterocycles. The lowest BCUT2D eigenvalue weighted by atomic mass is 9.85. The Kier molecular flexibility index (Phi) is 7.52. The summed E-state index contributed by atoms with van der Waals surface area (Å²) in [6.07, 6.45) is 2.71. The SMILES string of the molecule is CCCCNC(=O)CN1CN(c2ccccc2)C2(CCN(C(=O)c3ccc([N+](=O)[O-])cc3)CC2)C1=O. The molecule has 2 heterocycles. The van der Waals surface area contributed by atoms with Crippen molar-refractivity contribution in [2.75, 3.05) is 37.7 Å². The highest BCUT2D eigenvalue weighted by molar-refractivity contribution is 5.97. The maximum absolute atomic E-state index is 13.7. The maximum atomic E-state index is 13.7. The van der Waals surface area contributed by atoms with Crippen LogP contribution in [0.5, 0.6) is 0 Å². The van der Waals surface area contributed by atoms with E-state index >= 15 is 0 Å². The van der Waals surface area contributed by atoms with Gasteiger partial charge in [-0.15, -0.1) is 0 Å². The van der Waals surface area contributed by atoms with Crippen LogP contribution < -0.4 is 10.2 Å². The van der Waals surface area contributed by atoms with Crippen LogP contribution in [0.1, 0.15) is 43.0 Å². The van der Waals surface area contributed by atoms with Crippen LogP contribution in [0.4, 0.5) is 11.4 Å². The molecule has 4 rings (SSSR count). The lowest BCUT2D eigenvalue weighted by Gasteiger charge is -2.43. The molecule has 0 bridgehead atoms. The summed E-state index contributed by atoms with van der Waals surface area (Å²) in [7, 11) is 0. The highest BCUT2D eigenvalue weighted by Crippen LogP contribution is 2.39. The van der Waals surface area contributed by atoms with E-state index in [9.17, 15) is 24.5 Å². The van der Waals surface area contributed by atoms with E-state index in [0.29, 0.717) is 44.7 Å². The van der Waals surface area contributed by atoms with E-state index < -0.39 is 10.5 Å². The zero-order valence-electron chi connectivity index (χ0n) is 20.4. The van der Waals surface area contributed by atoms with Crippen molar-refractivity contribution in [3.8, 4) is 0 Å². The number of nitrogens with one attached hydrogen (secondary N) is 1. The second-order valence-corrected chi connectivity index (χ2v) is 9.24. The Bertz CT molecular complexity index is 1110. The fourth-order valence-corrected chi connectivity index (χ4v) is 4.94. The van der Waals surface area contributed by atoms with Crippen molar-refractivity contribution in [2.24, 2.45) is 0 Å². The van der Waals surface area contributed by atoms with E-state index in [1.54, 1.807) is 9.80 Å². The highest BCUT2D eigenvalue weighted by Gasteiger charge is 2.54. The molecule has 1 N–H and O–H groups in total. The summed E-state index contributed by atoms with van der Waals surface area (Å²) >= 11 is 0. The molecule has 2 fully saturated rings. The summed E-state index contributed by atoms with van der Waals surface area (Å²) in [5.74, 6) is -0.490. The Labute approximate surface area is 210 Å². The minimum atomic E-state index is -0.836. The third-order valence-electron chi connectivity index (χ3n) is 6.97. The molecule has 2 aliphatic heterocycles. The number of nitro benzene ring substituents is 1. The van der Waals surface area contributed by atoms with Crippen molar-refractivity contribution in [2.45, 2.75) is 38.1 Å². The van der Waals surface area contributed by atoms with Gasteiger partial charge in [-0.2, -0.15) is 0 Å². The van der Waals surface area contributed by atoms with Gasteiger partial charge in [0.25, 0.3) is 17.5 Å². The Morgan fingerprint density at radius 1 is 1.06 bits per heavy atom. The fraction of sp³-hybridized carbons (Fsp3) is 0.423. The smallest absolute Gasteiger partial charge is 0.269 e. The number of piperidine rings is 1. The van der Waals surface area contributed by atoms with Gasteiger partial charge in [0.1, 0.15) is 12.1 Å². The number of hydrogen-bond donors (Lipinski definition) is 1. The predicted molar refractivity (Wildman–Crippen MR) is 134 cm³/mol. The van der Waals surface area contributed by atoms with Crippen LogP contribution >= 0.6 is 0 Å². The number of amides is 3. The summed E-state index contributed by atoms with van der Waals surface area (Å²) in [6, 6.07) is 15.2. The summed E-state index contributed by atoms with van der Waals surface area (Å²) < 4.78 is 0. The average Bonchev–Trinajstić information content (AvgIpc) is 3.15. The van der Waals surface area contributed by atoms with Gasteiger partial charge in [0.2, 0.25) is 5.91 Å². The first-order valence-electron chi connectivity index (χ1n) is 12.3. The number of para-hydroxylation sites is 1. The minimum Gasteiger partial charge on any atom is -0.355 e. The molecular weight excluding hydrogens is 462 g/mol. The van der Waals surface area contributed by atoms with Gasteiger partial charge in [0, 0.05) is 43.0 Å².